The summed E-state index contributed by atoms with van der Waals surface area (Å²) >= 11 is 0. The summed E-state index contributed by atoms with van der Waals surface area (Å²) in [7, 11) is 1.60. The van der Waals surface area contributed by atoms with Crippen LogP contribution >= 0.6 is 12.4 Å². The van der Waals surface area contributed by atoms with Gasteiger partial charge in [0.25, 0.3) is 0 Å². The summed E-state index contributed by atoms with van der Waals surface area (Å²) in [6, 6.07) is -0.113. The van der Waals surface area contributed by atoms with Crippen molar-refractivity contribution >= 4 is 24.2 Å². The van der Waals surface area contributed by atoms with E-state index in [0.717, 1.165) is 19.4 Å². The molecule has 7 heteroatoms. The predicted octanol–water partition coefficient (Wildman–Crippen LogP) is 1.09. The van der Waals surface area contributed by atoms with Crippen LogP contribution in [0.2, 0.25) is 0 Å². The summed E-state index contributed by atoms with van der Waals surface area (Å²) in [5.74, 6) is 0.213. The Morgan fingerprint density at radius 2 is 2.04 bits per heavy atom. The molecule has 0 radical (unpaired) electrons. The molecule has 0 unspecified atom stereocenters. The minimum absolute atomic E-state index is 0. The van der Waals surface area contributed by atoms with E-state index in [1.54, 1.807) is 7.11 Å². The summed E-state index contributed by atoms with van der Waals surface area (Å²) in [4.78, 5) is 24.7. The molecule has 3 atom stereocenters. The second-order valence-electron chi connectivity index (χ2n) is 6.55. The molecule has 0 aromatic rings. The van der Waals surface area contributed by atoms with Gasteiger partial charge >= 0.3 is 0 Å². The summed E-state index contributed by atoms with van der Waals surface area (Å²) < 4.78 is 4.93. The van der Waals surface area contributed by atoms with E-state index in [4.69, 9.17) is 4.74 Å². The molecular formula is C16H32ClN3O3. The minimum Gasteiger partial charge on any atom is -0.383 e. The highest BCUT2D eigenvalue weighted by Gasteiger charge is 2.28. The Balaban J connectivity index is 0.00000484. The van der Waals surface area contributed by atoms with Gasteiger partial charge in [-0.2, -0.15) is 0 Å². The minimum atomic E-state index is -0.463. The first kappa shape index (κ1) is 22.1. The zero-order valence-corrected chi connectivity index (χ0v) is 15.5. The first-order valence-corrected chi connectivity index (χ1v) is 8.24. The van der Waals surface area contributed by atoms with Crippen LogP contribution in [-0.2, 0) is 14.3 Å². The van der Waals surface area contributed by atoms with E-state index in [-0.39, 0.29) is 30.1 Å². The molecule has 6 nitrogen and oxygen atoms in total. The van der Waals surface area contributed by atoms with Gasteiger partial charge in [-0.15, -0.1) is 12.4 Å². The fraction of sp³-hybridized carbons (Fsp3) is 0.875. The number of methoxy groups -OCH3 is 1. The first-order chi connectivity index (χ1) is 10.4. The number of halogens is 1. The van der Waals surface area contributed by atoms with Crippen LogP contribution < -0.4 is 16.0 Å². The molecule has 3 N–H and O–H groups in total. The van der Waals surface area contributed by atoms with Gasteiger partial charge in [-0.05, 0) is 38.6 Å². The second kappa shape index (κ2) is 11.6. The standard InChI is InChI=1S/C16H31N3O3.ClH/c1-11(2)9-14(16(21)18-7-8-22-4)19-15(20)13-5-6-17-12(3)10-13;/h11-14,17H,5-10H2,1-4H3,(H,18,21)(H,19,20);1H/t12-,13-,14-;/m0./s1. The van der Waals surface area contributed by atoms with Gasteiger partial charge in [0.15, 0.2) is 0 Å². The van der Waals surface area contributed by atoms with Crippen LogP contribution in [0.1, 0.15) is 40.0 Å². The van der Waals surface area contributed by atoms with Crippen molar-refractivity contribution in [3.05, 3.63) is 0 Å². The zero-order valence-electron chi connectivity index (χ0n) is 14.7. The van der Waals surface area contributed by atoms with Crippen LogP contribution in [0.3, 0.4) is 0 Å². The van der Waals surface area contributed by atoms with Gasteiger partial charge in [0.2, 0.25) is 11.8 Å². The van der Waals surface area contributed by atoms with Crippen molar-refractivity contribution in [1.82, 2.24) is 16.0 Å². The summed E-state index contributed by atoms with van der Waals surface area (Å²) in [6.07, 6.45) is 2.30. The van der Waals surface area contributed by atoms with E-state index < -0.39 is 6.04 Å². The number of carbonyl (C=O) groups is 2. The normalized spacial score (nSPS) is 22.1. The molecule has 0 aromatic heterocycles. The Hall–Kier alpha value is -0.850. The topological polar surface area (TPSA) is 79.5 Å². The smallest absolute Gasteiger partial charge is 0.242 e. The number of hydrogen-bond donors (Lipinski definition) is 3. The van der Waals surface area contributed by atoms with E-state index >= 15 is 0 Å². The molecule has 136 valence electrons. The third kappa shape index (κ3) is 8.53. The Bertz CT molecular complexity index is 366. The highest BCUT2D eigenvalue weighted by atomic mass is 35.5. The second-order valence-corrected chi connectivity index (χ2v) is 6.55. The van der Waals surface area contributed by atoms with Crippen LogP contribution in [0.5, 0.6) is 0 Å². The van der Waals surface area contributed by atoms with E-state index in [1.807, 2.05) is 13.8 Å². The van der Waals surface area contributed by atoms with Gasteiger partial charge in [0, 0.05) is 25.6 Å². The van der Waals surface area contributed by atoms with Crippen LogP contribution in [0.4, 0.5) is 0 Å². The van der Waals surface area contributed by atoms with Crippen molar-refractivity contribution in [3.63, 3.8) is 0 Å². The molecule has 1 heterocycles. The number of piperidine rings is 1. The Morgan fingerprint density at radius 1 is 1.35 bits per heavy atom. The summed E-state index contributed by atoms with van der Waals surface area (Å²) in [5, 5.41) is 9.10. The average molecular weight is 350 g/mol. The molecule has 0 spiro atoms. The van der Waals surface area contributed by atoms with Gasteiger partial charge in [-0.25, -0.2) is 0 Å². The molecule has 2 amide bonds. The Labute approximate surface area is 145 Å². The molecule has 1 fully saturated rings. The number of amides is 2. The van der Waals surface area contributed by atoms with Crippen LogP contribution in [-0.4, -0.2) is 50.7 Å². The van der Waals surface area contributed by atoms with E-state index in [9.17, 15) is 9.59 Å². The van der Waals surface area contributed by atoms with Crippen molar-refractivity contribution in [2.75, 3.05) is 26.8 Å². The predicted molar refractivity (Wildman–Crippen MR) is 93.7 cm³/mol. The first-order valence-electron chi connectivity index (χ1n) is 8.24. The third-order valence-electron chi connectivity index (χ3n) is 3.94. The maximum absolute atomic E-state index is 12.4. The fourth-order valence-corrected chi connectivity index (χ4v) is 2.76. The number of nitrogens with one attached hydrogen (secondary N) is 3. The van der Waals surface area contributed by atoms with Gasteiger partial charge in [0.1, 0.15) is 6.04 Å². The third-order valence-corrected chi connectivity index (χ3v) is 3.94. The molecule has 0 bridgehead atoms. The fourth-order valence-electron chi connectivity index (χ4n) is 2.76. The van der Waals surface area contributed by atoms with Crippen molar-refractivity contribution in [2.45, 2.75) is 52.1 Å². The average Bonchev–Trinajstić information content (AvgIpc) is 2.46. The van der Waals surface area contributed by atoms with E-state index in [2.05, 4.69) is 22.9 Å². The molecule has 1 aliphatic rings. The van der Waals surface area contributed by atoms with Gasteiger partial charge < -0.3 is 20.7 Å². The lowest BCUT2D eigenvalue weighted by molar-refractivity contribution is -0.132. The van der Waals surface area contributed by atoms with Crippen molar-refractivity contribution in [2.24, 2.45) is 11.8 Å². The molecule has 1 saturated heterocycles. The Morgan fingerprint density at radius 3 is 2.61 bits per heavy atom. The number of hydrogen-bond acceptors (Lipinski definition) is 4. The van der Waals surface area contributed by atoms with Crippen LogP contribution in [0.15, 0.2) is 0 Å². The molecule has 1 aliphatic heterocycles. The molecule has 0 aliphatic carbocycles. The van der Waals surface area contributed by atoms with Gasteiger partial charge in [-0.1, -0.05) is 13.8 Å². The number of carbonyl (C=O) groups excluding carboxylic acids is 2. The lowest BCUT2D eigenvalue weighted by Crippen LogP contribution is -2.51. The SMILES string of the molecule is COCCNC(=O)[C@H](CC(C)C)NC(=O)[C@H]1CCN[C@@H](C)C1.Cl. The molecule has 23 heavy (non-hydrogen) atoms. The maximum Gasteiger partial charge on any atom is 0.242 e. The molecule has 0 saturated carbocycles. The van der Waals surface area contributed by atoms with Crippen LogP contribution in [0.25, 0.3) is 0 Å². The number of rotatable bonds is 8. The van der Waals surface area contributed by atoms with Crippen molar-refractivity contribution in [1.29, 1.82) is 0 Å². The quantitative estimate of drug-likeness (QED) is 0.573. The molecule has 0 aromatic carbocycles. The lowest BCUT2D eigenvalue weighted by atomic mass is 9.92. The zero-order chi connectivity index (χ0) is 16.5. The van der Waals surface area contributed by atoms with Crippen LogP contribution in [0, 0.1) is 11.8 Å². The van der Waals surface area contributed by atoms with Crippen molar-refractivity contribution in [3.8, 4) is 0 Å². The Kier molecular flexibility index (Phi) is 11.2. The lowest BCUT2D eigenvalue weighted by Gasteiger charge is -2.29. The largest absolute Gasteiger partial charge is 0.383 e. The molecule has 1 rings (SSSR count). The highest BCUT2D eigenvalue weighted by molar-refractivity contribution is 5.88. The van der Waals surface area contributed by atoms with E-state index in [0.29, 0.717) is 31.5 Å². The van der Waals surface area contributed by atoms with E-state index in [1.165, 1.54) is 0 Å². The van der Waals surface area contributed by atoms with Gasteiger partial charge in [0.05, 0.1) is 6.61 Å². The monoisotopic (exact) mass is 349 g/mol. The number of ether oxygens (including phenoxy) is 1. The van der Waals surface area contributed by atoms with Crippen molar-refractivity contribution < 1.29 is 14.3 Å². The maximum atomic E-state index is 12.4. The summed E-state index contributed by atoms with van der Waals surface area (Å²) in [6.45, 7) is 7.98. The summed E-state index contributed by atoms with van der Waals surface area (Å²) in [5.41, 5.74) is 0. The highest BCUT2D eigenvalue weighted by Crippen LogP contribution is 2.17. The van der Waals surface area contributed by atoms with Gasteiger partial charge in [-0.3, -0.25) is 9.59 Å². The molecular weight excluding hydrogens is 318 g/mol.